The summed E-state index contributed by atoms with van der Waals surface area (Å²) in [5.41, 5.74) is 0.939. The molecule has 1 N–H and O–H groups in total. The van der Waals surface area contributed by atoms with Crippen LogP contribution >= 0.6 is 0 Å². The predicted molar refractivity (Wildman–Crippen MR) is 96.2 cm³/mol. The van der Waals surface area contributed by atoms with Gasteiger partial charge in [-0.05, 0) is 29.3 Å². The summed E-state index contributed by atoms with van der Waals surface area (Å²) in [7, 11) is 0. The van der Waals surface area contributed by atoms with Gasteiger partial charge >= 0.3 is 11.9 Å². The van der Waals surface area contributed by atoms with Gasteiger partial charge in [0.25, 0.3) is 5.91 Å². The van der Waals surface area contributed by atoms with Crippen molar-refractivity contribution in [2.75, 3.05) is 6.61 Å². The highest BCUT2D eigenvalue weighted by Gasteiger charge is 2.20. The van der Waals surface area contributed by atoms with E-state index in [1.54, 1.807) is 0 Å². The van der Waals surface area contributed by atoms with E-state index in [-0.39, 0.29) is 11.8 Å². The Bertz CT molecular complexity index is 1000. The fourth-order valence-corrected chi connectivity index (χ4v) is 2.73. The topological polar surface area (TPSA) is 112 Å². The van der Waals surface area contributed by atoms with E-state index in [0.29, 0.717) is 0 Å². The highest BCUT2D eigenvalue weighted by Crippen LogP contribution is 2.24. The number of fused-ring (bicyclic) bond motifs is 1. The minimum atomic E-state index is -0.948. The second-order valence-electron chi connectivity index (χ2n) is 5.83. The van der Waals surface area contributed by atoms with E-state index >= 15 is 0 Å². The average Bonchev–Trinajstić information content (AvgIpc) is 3.16. The number of rotatable bonds is 6. The number of esters is 1. The number of carbonyl (C=O) groups is 2. The Balaban J connectivity index is 1.60. The summed E-state index contributed by atoms with van der Waals surface area (Å²) >= 11 is 0. The maximum absolute atomic E-state index is 12.1. The molecule has 0 saturated carbocycles. The van der Waals surface area contributed by atoms with Gasteiger partial charge in [-0.1, -0.05) is 42.5 Å². The van der Waals surface area contributed by atoms with Crippen molar-refractivity contribution < 1.29 is 23.7 Å². The minimum absolute atomic E-state index is 0.299. The van der Waals surface area contributed by atoms with E-state index < -0.39 is 29.3 Å². The van der Waals surface area contributed by atoms with Gasteiger partial charge in [0.15, 0.2) is 6.61 Å². The van der Waals surface area contributed by atoms with Gasteiger partial charge in [0.05, 0.1) is 12.1 Å². The number of benzene rings is 2. The fourth-order valence-electron chi connectivity index (χ4n) is 2.73. The van der Waals surface area contributed by atoms with Gasteiger partial charge in [0.1, 0.15) is 4.92 Å². The molecule has 3 rings (SSSR count). The monoisotopic (exact) mass is 368 g/mol. The number of hydrogen-bond acceptors (Lipinski definition) is 6. The third-order valence-corrected chi connectivity index (χ3v) is 3.97. The molecule has 8 nitrogen and oxygen atoms in total. The first-order chi connectivity index (χ1) is 13.0. The fraction of sp³-hybridized carbons (Fsp3) is 0.158. The zero-order valence-electron chi connectivity index (χ0n) is 14.4. The Labute approximate surface area is 153 Å². The first-order valence-electron chi connectivity index (χ1n) is 8.14. The first kappa shape index (κ1) is 18.1. The molecule has 138 valence electrons. The van der Waals surface area contributed by atoms with E-state index in [2.05, 4.69) is 5.32 Å². The van der Waals surface area contributed by atoms with Gasteiger partial charge in [-0.15, -0.1) is 0 Å². The Morgan fingerprint density at radius 1 is 1.15 bits per heavy atom. The van der Waals surface area contributed by atoms with Crippen LogP contribution in [0.5, 0.6) is 0 Å². The summed E-state index contributed by atoms with van der Waals surface area (Å²) in [6.07, 6.45) is 0. The Morgan fingerprint density at radius 2 is 1.89 bits per heavy atom. The molecule has 0 aliphatic heterocycles. The molecular weight excluding hydrogens is 352 g/mol. The molecule has 0 aliphatic carbocycles. The van der Waals surface area contributed by atoms with Crippen molar-refractivity contribution in [1.82, 2.24) is 5.32 Å². The van der Waals surface area contributed by atoms with Crippen LogP contribution in [0.4, 0.5) is 5.88 Å². The average molecular weight is 368 g/mol. The molecule has 0 unspecified atom stereocenters. The Hall–Kier alpha value is -3.68. The van der Waals surface area contributed by atoms with Crippen LogP contribution in [0.15, 0.2) is 59.0 Å². The molecular formula is C19H16N2O6. The van der Waals surface area contributed by atoms with Gasteiger partial charge in [0.2, 0.25) is 5.76 Å². The third-order valence-electron chi connectivity index (χ3n) is 3.97. The van der Waals surface area contributed by atoms with Crippen molar-refractivity contribution in [3.63, 3.8) is 0 Å². The van der Waals surface area contributed by atoms with Gasteiger partial charge in [-0.2, -0.15) is 0 Å². The number of ether oxygens (including phenoxy) is 1. The van der Waals surface area contributed by atoms with Gasteiger partial charge < -0.3 is 14.5 Å². The van der Waals surface area contributed by atoms with Crippen LogP contribution in [0, 0.1) is 10.1 Å². The van der Waals surface area contributed by atoms with Crippen LogP contribution in [-0.4, -0.2) is 23.4 Å². The summed E-state index contributed by atoms with van der Waals surface area (Å²) in [6, 6.07) is 15.5. The summed E-state index contributed by atoms with van der Waals surface area (Å²) in [4.78, 5) is 33.7. The molecule has 1 aromatic heterocycles. The summed E-state index contributed by atoms with van der Waals surface area (Å²) in [5, 5.41) is 15.4. The second-order valence-corrected chi connectivity index (χ2v) is 5.83. The largest absolute Gasteiger partial charge is 0.450 e. The molecule has 1 atom stereocenters. The lowest BCUT2D eigenvalue weighted by molar-refractivity contribution is -0.402. The van der Waals surface area contributed by atoms with E-state index in [9.17, 15) is 19.7 Å². The first-order valence-corrected chi connectivity index (χ1v) is 8.14. The van der Waals surface area contributed by atoms with E-state index in [1.807, 2.05) is 49.4 Å². The standard InChI is InChI=1S/C19H16N2O6/c1-12(14-8-4-6-13-5-2-3-7-15(13)14)20-17(22)11-26-19(23)16-9-10-18(27-16)21(24)25/h2-10,12H,11H2,1H3,(H,20,22)/t12-/m1/s1. The molecule has 0 aliphatic rings. The second kappa shape index (κ2) is 7.69. The predicted octanol–water partition coefficient (Wildman–Crippen LogP) is 3.38. The van der Waals surface area contributed by atoms with E-state index in [0.717, 1.165) is 28.5 Å². The quantitative estimate of drug-likeness (QED) is 0.405. The lowest BCUT2D eigenvalue weighted by atomic mass is 10.00. The van der Waals surface area contributed by atoms with Crippen molar-refractivity contribution in [2.24, 2.45) is 0 Å². The SMILES string of the molecule is C[C@@H](NC(=O)COC(=O)c1ccc([N+](=O)[O-])o1)c1cccc2ccccc12. The molecule has 8 heteroatoms. The molecule has 0 bridgehead atoms. The van der Waals surface area contributed by atoms with E-state index in [4.69, 9.17) is 9.15 Å². The Morgan fingerprint density at radius 3 is 2.63 bits per heavy atom. The van der Waals surface area contributed by atoms with Gasteiger partial charge in [0, 0.05) is 0 Å². The highest BCUT2D eigenvalue weighted by atomic mass is 16.7. The lowest BCUT2D eigenvalue weighted by Crippen LogP contribution is -2.31. The minimum Gasteiger partial charge on any atom is -0.450 e. The molecule has 0 saturated heterocycles. The van der Waals surface area contributed by atoms with Crippen molar-refractivity contribution in [3.05, 3.63) is 76.0 Å². The highest BCUT2D eigenvalue weighted by molar-refractivity contribution is 5.90. The van der Waals surface area contributed by atoms with Crippen LogP contribution in [0.3, 0.4) is 0 Å². The third kappa shape index (κ3) is 4.12. The van der Waals surface area contributed by atoms with Gasteiger partial charge in [-0.25, -0.2) is 4.79 Å². The van der Waals surface area contributed by atoms with Crippen LogP contribution in [0.2, 0.25) is 0 Å². The van der Waals surface area contributed by atoms with Crippen LogP contribution in [0.25, 0.3) is 10.8 Å². The van der Waals surface area contributed by atoms with Crippen LogP contribution in [0.1, 0.15) is 29.1 Å². The molecule has 0 spiro atoms. The number of carbonyl (C=O) groups excluding carboxylic acids is 2. The van der Waals surface area contributed by atoms with Crippen molar-refractivity contribution in [1.29, 1.82) is 0 Å². The van der Waals surface area contributed by atoms with Crippen molar-refractivity contribution >= 4 is 28.5 Å². The van der Waals surface area contributed by atoms with Gasteiger partial charge in [-0.3, -0.25) is 14.9 Å². The number of nitro groups is 1. The molecule has 0 radical (unpaired) electrons. The number of amides is 1. The van der Waals surface area contributed by atoms with Crippen LogP contribution in [-0.2, 0) is 9.53 Å². The van der Waals surface area contributed by atoms with Crippen molar-refractivity contribution in [2.45, 2.75) is 13.0 Å². The number of hydrogen-bond donors (Lipinski definition) is 1. The zero-order valence-corrected chi connectivity index (χ0v) is 14.4. The summed E-state index contributed by atoms with van der Waals surface area (Å²) in [5.74, 6) is -2.35. The van der Waals surface area contributed by atoms with Crippen LogP contribution < -0.4 is 5.32 Å². The van der Waals surface area contributed by atoms with Crippen molar-refractivity contribution in [3.8, 4) is 0 Å². The number of nitrogens with one attached hydrogen (secondary N) is 1. The molecule has 3 aromatic rings. The lowest BCUT2D eigenvalue weighted by Gasteiger charge is -2.16. The molecule has 1 heterocycles. The molecule has 2 aromatic carbocycles. The summed E-state index contributed by atoms with van der Waals surface area (Å²) < 4.78 is 9.57. The Kier molecular flexibility index (Phi) is 5.16. The smallest absolute Gasteiger partial charge is 0.433 e. The molecule has 27 heavy (non-hydrogen) atoms. The molecule has 1 amide bonds. The zero-order chi connectivity index (χ0) is 19.4. The maximum atomic E-state index is 12.1. The van der Waals surface area contributed by atoms with E-state index in [1.165, 1.54) is 0 Å². The number of furan rings is 1. The summed E-state index contributed by atoms with van der Waals surface area (Å²) in [6.45, 7) is 1.31. The maximum Gasteiger partial charge on any atom is 0.433 e. The molecule has 0 fully saturated rings. The number of nitrogens with zero attached hydrogens (tertiary/aromatic N) is 1. The normalized spacial score (nSPS) is 11.7.